The standard InChI is InChI=1S/C8H5BrCl2O2/c1-13-5-3-2-4(9)6(7(5)10)8(11)12/h2-3H,1H3. The topological polar surface area (TPSA) is 26.3 Å². The molecular weight excluding hydrogens is 279 g/mol. The van der Waals surface area contributed by atoms with E-state index in [0.29, 0.717) is 10.2 Å². The predicted octanol–water partition coefficient (Wildman–Crippen LogP) is 3.49. The minimum absolute atomic E-state index is 0.219. The van der Waals surface area contributed by atoms with Gasteiger partial charge in [-0.15, -0.1) is 0 Å². The van der Waals surface area contributed by atoms with Crippen molar-refractivity contribution in [2.75, 3.05) is 7.11 Å². The van der Waals surface area contributed by atoms with Gasteiger partial charge in [0.05, 0.1) is 17.7 Å². The maximum Gasteiger partial charge on any atom is 0.255 e. The van der Waals surface area contributed by atoms with Crippen LogP contribution < -0.4 is 4.74 Å². The molecule has 1 rings (SSSR count). The normalized spacial score (nSPS) is 9.85. The van der Waals surface area contributed by atoms with Crippen LogP contribution in [-0.4, -0.2) is 12.4 Å². The Morgan fingerprint density at radius 3 is 2.62 bits per heavy atom. The molecule has 0 saturated carbocycles. The lowest BCUT2D eigenvalue weighted by Gasteiger charge is -2.06. The van der Waals surface area contributed by atoms with Crippen LogP contribution in [0.1, 0.15) is 10.4 Å². The van der Waals surface area contributed by atoms with E-state index < -0.39 is 5.24 Å². The lowest BCUT2D eigenvalue weighted by Crippen LogP contribution is -1.95. The van der Waals surface area contributed by atoms with Gasteiger partial charge < -0.3 is 4.74 Å². The van der Waals surface area contributed by atoms with Crippen LogP contribution in [-0.2, 0) is 0 Å². The Labute approximate surface area is 93.9 Å². The monoisotopic (exact) mass is 282 g/mol. The zero-order valence-corrected chi connectivity index (χ0v) is 9.70. The quantitative estimate of drug-likeness (QED) is 0.777. The zero-order valence-electron chi connectivity index (χ0n) is 6.61. The van der Waals surface area contributed by atoms with Crippen molar-refractivity contribution in [3.05, 3.63) is 27.2 Å². The van der Waals surface area contributed by atoms with Gasteiger partial charge in [0.25, 0.3) is 5.24 Å². The van der Waals surface area contributed by atoms with E-state index in [-0.39, 0.29) is 10.6 Å². The second kappa shape index (κ2) is 4.31. The smallest absolute Gasteiger partial charge is 0.255 e. The summed E-state index contributed by atoms with van der Waals surface area (Å²) >= 11 is 14.3. The Bertz CT molecular complexity index is 352. The molecule has 0 aliphatic heterocycles. The molecule has 1 aromatic carbocycles. The molecule has 0 amide bonds. The van der Waals surface area contributed by atoms with Crippen LogP contribution in [0.4, 0.5) is 0 Å². The molecule has 0 aliphatic carbocycles. The molecule has 0 atom stereocenters. The zero-order chi connectivity index (χ0) is 10.0. The van der Waals surface area contributed by atoms with Crippen molar-refractivity contribution in [1.82, 2.24) is 0 Å². The number of methoxy groups -OCH3 is 1. The van der Waals surface area contributed by atoms with Crippen LogP contribution >= 0.6 is 39.1 Å². The lowest BCUT2D eigenvalue weighted by atomic mass is 10.2. The summed E-state index contributed by atoms with van der Waals surface area (Å²) in [4.78, 5) is 11.0. The Hall–Kier alpha value is -0.250. The molecule has 5 heteroatoms. The van der Waals surface area contributed by atoms with Crippen molar-refractivity contribution >= 4 is 44.4 Å². The van der Waals surface area contributed by atoms with E-state index in [1.165, 1.54) is 7.11 Å². The Balaban J connectivity index is 3.38. The SMILES string of the molecule is COc1ccc(Br)c(C(=O)Cl)c1Cl. The van der Waals surface area contributed by atoms with Crippen molar-refractivity contribution in [2.45, 2.75) is 0 Å². The largest absolute Gasteiger partial charge is 0.495 e. The third-order valence-corrected chi connectivity index (χ3v) is 2.70. The highest BCUT2D eigenvalue weighted by atomic mass is 79.9. The molecule has 0 N–H and O–H groups in total. The van der Waals surface area contributed by atoms with Gasteiger partial charge in [-0.3, -0.25) is 4.79 Å². The van der Waals surface area contributed by atoms with Gasteiger partial charge in [-0.25, -0.2) is 0 Å². The molecule has 0 aliphatic rings. The number of carbonyl (C=O) groups excluding carboxylic acids is 1. The van der Waals surface area contributed by atoms with Crippen molar-refractivity contribution in [1.29, 1.82) is 0 Å². The van der Waals surface area contributed by atoms with Crippen molar-refractivity contribution in [3.8, 4) is 5.75 Å². The van der Waals surface area contributed by atoms with Gasteiger partial charge in [-0.1, -0.05) is 11.6 Å². The van der Waals surface area contributed by atoms with Crippen molar-refractivity contribution < 1.29 is 9.53 Å². The first-order valence-electron chi connectivity index (χ1n) is 3.29. The van der Waals surface area contributed by atoms with Gasteiger partial charge in [0.15, 0.2) is 0 Å². The molecular formula is C8H5BrCl2O2. The highest BCUT2D eigenvalue weighted by Crippen LogP contribution is 2.34. The maximum absolute atomic E-state index is 11.0. The van der Waals surface area contributed by atoms with Gasteiger partial charge in [-0.05, 0) is 39.7 Å². The van der Waals surface area contributed by atoms with Gasteiger partial charge in [0, 0.05) is 4.47 Å². The molecule has 13 heavy (non-hydrogen) atoms. The third-order valence-electron chi connectivity index (χ3n) is 1.47. The third kappa shape index (κ3) is 2.16. The van der Waals surface area contributed by atoms with E-state index >= 15 is 0 Å². The molecule has 0 spiro atoms. The minimum Gasteiger partial charge on any atom is -0.495 e. The maximum atomic E-state index is 11.0. The highest BCUT2D eigenvalue weighted by Gasteiger charge is 2.15. The second-order valence-corrected chi connectivity index (χ2v) is 3.79. The number of carbonyl (C=O) groups is 1. The van der Waals surface area contributed by atoms with Crippen LogP contribution in [0.25, 0.3) is 0 Å². The average molecular weight is 284 g/mol. The summed E-state index contributed by atoms with van der Waals surface area (Å²) in [6.45, 7) is 0. The summed E-state index contributed by atoms with van der Waals surface area (Å²) in [5.41, 5.74) is 0.225. The molecule has 0 aromatic heterocycles. The molecule has 0 bridgehead atoms. The summed E-state index contributed by atoms with van der Waals surface area (Å²) in [6, 6.07) is 3.30. The van der Waals surface area contributed by atoms with E-state index in [0.717, 1.165) is 0 Å². The number of rotatable bonds is 2. The molecule has 1 aromatic rings. The molecule has 2 nitrogen and oxygen atoms in total. The molecule has 0 unspecified atom stereocenters. The lowest BCUT2D eigenvalue weighted by molar-refractivity contribution is 0.108. The second-order valence-electron chi connectivity index (χ2n) is 2.21. The average Bonchev–Trinajstić information content (AvgIpc) is 2.04. The molecule has 0 saturated heterocycles. The number of hydrogen-bond acceptors (Lipinski definition) is 2. The Kier molecular flexibility index (Phi) is 3.59. The van der Waals surface area contributed by atoms with Gasteiger partial charge >= 0.3 is 0 Å². The van der Waals surface area contributed by atoms with Crippen LogP contribution in [0.2, 0.25) is 5.02 Å². The van der Waals surface area contributed by atoms with Crippen LogP contribution in [0, 0.1) is 0 Å². The van der Waals surface area contributed by atoms with Crippen molar-refractivity contribution in [2.24, 2.45) is 0 Å². The number of benzene rings is 1. The van der Waals surface area contributed by atoms with E-state index in [1.54, 1.807) is 12.1 Å². The number of ether oxygens (including phenoxy) is 1. The van der Waals surface area contributed by atoms with Gasteiger partial charge in [0.2, 0.25) is 0 Å². The number of hydrogen-bond donors (Lipinski definition) is 0. The van der Waals surface area contributed by atoms with Gasteiger partial charge in [-0.2, -0.15) is 0 Å². The fourth-order valence-corrected chi connectivity index (χ4v) is 2.18. The van der Waals surface area contributed by atoms with Crippen LogP contribution in [0.3, 0.4) is 0 Å². The summed E-state index contributed by atoms with van der Waals surface area (Å²) in [7, 11) is 1.47. The first-order valence-corrected chi connectivity index (χ1v) is 4.84. The summed E-state index contributed by atoms with van der Waals surface area (Å²) < 4.78 is 5.48. The fraction of sp³-hybridized carbons (Fsp3) is 0.125. The van der Waals surface area contributed by atoms with E-state index in [9.17, 15) is 4.79 Å². The van der Waals surface area contributed by atoms with E-state index in [1.807, 2.05) is 0 Å². The molecule has 70 valence electrons. The van der Waals surface area contributed by atoms with E-state index in [4.69, 9.17) is 27.9 Å². The highest BCUT2D eigenvalue weighted by molar-refractivity contribution is 9.10. The first-order chi connectivity index (χ1) is 6.07. The Morgan fingerprint density at radius 2 is 2.15 bits per heavy atom. The molecule has 0 radical (unpaired) electrons. The number of halogens is 3. The van der Waals surface area contributed by atoms with Crippen molar-refractivity contribution in [3.63, 3.8) is 0 Å². The molecule has 0 fully saturated rings. The van der Waals surface area contributed by atoms with Crippen LogP contribution in [0.15, 0.2) is 16.6 Å². The minimum atomic E-state index is -0.615. The summed E-state index contributed by atoms with van der Waals surface area (Å²) in [6.07, 6.45) is 0. The Morgan fingerprint density at radius 1 is 1.54 bits per heavy atom. The summed E-state index contributed by atoms with van der Waals surface area (Å²) in [5.74, 6) is 0.425. The van der Waals surface area contributed by atoms with Gasteiger partial charge in [0.1, 0.15) is 5.75 Å². The van der Waals surface area contributed by atoms with E-state index in [2.05, 4.69) is 15.9 Å². The fourth-order valence-electron chi connectivity index (χ4n) is 0.871. The van der Waals surface area contributed by atoms with Crippen LogP contribution in [0.5, 0.6) is 5.75 Å². The predicted molar refractivity (Wildman–Crippen MR) is 55.9 cm³/mol. The summed E-state index contributed by atoms with van der Waals surface area (Å²) in [5, 5.41) is -0.396. The first kappa shape index (κ1) is 10.8. The molecule has 0 heterocycles.